The number of carbonyl (C=O) groups excluding carboxylic acids is 1. The Morgan fingerprint density at radius 3 is 2.86 bits per heavy atom. The average Bonchev–Trinajstić information content (AvgIpc) is 3.22. The molecule has 0 aromatic heterocycles. The highest BCUT2D eigenvalue weighted by Crippen LogP contribution is 2.42. The van der Waals surface area contributed by atoms with E-state index in [9.17, 15) is 4.79 Å². The molecule has 3 aliphatic heterocycles. The molecule has 3 atom stereocenters. The molecule has 4 rings (SSSR count). The Bertz CT molecular complexity index is 565. The van der Waals surface area contributed by atoms with Crippen molar-refractivity contribution in [2.24, 2.45) is 0 Å². The topological polar surface area (TPSA) is 48.0 Å². The average molecular weight is 287 g/mol. The SMILES string of the molecule is O=C1OC[C@H](c2ccccc2)N1[C@H]1C=CO[C@@]12CCCO2. The van der Waals surface area contributed by atoms with E-state index in [1.54, 1.807) is 11.2 Å². The molecule has 5 heteroatoms. The van der Waals surface area contributed by atoms with Crippen molar-refractivity contribution in [1.82, 2.24) is 4.90 Å². The van der Waals surface area contributed by atoms with Crippen LogP contribution in [0.5, 0.6) is 0 Å². The van der Waals surface area contributed by atoms with Gasteiger partial charge in [-0.05, 0) is 18.1 Å². The van der Waals surface area contributed by atoms with Crippen LogP contribution in [0.2, 0.25) is 0 Å². The number of rotatable bonds is 2. The number of cyclic esters (lactones) is 1. The summed E-state index contributed by atoms with van der Waals surface area (Å²) in [7, 11) is 0. The zero-order valence-corrected chi connectivity index (χ0v) is 11.6. The van der Waals surface area contributed by atoms with Crippen molar-refractivity contribution in [3.8, 4) is 0 Å². The number of hydrogen-bond acceptors (Lipinski definition) is 4. The van der Waals surface area contributed by atoms with Crippen molar-refractivity contribution in [3.05, 3.63) is 48.2 Å². The van der Waals surface area contributed by atoms with Crippen LogP contribution in [0.25, 0.3) is 0 Å². The van der Waals surface area contributed by atoms with Gasteiger partial charge < -0.3 is 14.2 Å². The Morgan fingerprint density at radius 1 is 1.24 bits per heavy atom. The van der Waals surface area contributed by atoms with Crippen LogP contribution in [0.1, 0.15) is 24.4 Å². The summed E-state index contributed by atoms with van der Waals surface area (Å²) in [4.78, 5) is 14.0. The maximum Gasteiger partial charge on any atom is 0.411 e. The highest BCUT2D eigenvalue weighted by molar-refractivity contribution is 5.71. The second-order valence-corrected chi connectivity index (χ2v) is 5.57. The van der Waals surface area contributed by atoms with Gasteiger partial charge in [0.1, 0.15) is 12.6 Å². The van der Waals surface area contributed by atoms with Gasteiger partial charge in [-0.1, -0.05) is 30.3 Å². The lowest BCUT2D eigenvalue weighted by Gasteiger charge is -2.36. The zero-order valence-electron chi connectivity index (χ0n) is 11.6. The normalized spacial score (nSPS) is 34.5. The Kier molecular flexibility index (Phi) is 2.89. The molecule has 1 aromatic rings. The van der Waals surface area contributed by atoms with Crippen molar-refractivity contribution in [1.29, 1.82) is 0 Å². The van der Waals surface area contributed by atoms with Crippen molar-refractivity contribution < 1.29 is 19.0 Å². The van der Waals surface area contributed by atoms with E-state index in [2.05, 4.69) is 0 Å². The Labute approximate surface area is 123 Å². The van der Waals surface area contributed by atoms with E-state index < -0.39 is 5.79 Å². The van der Waals surface area contributed by atoms with Gasteiger partial charge in [-0.3, -0.25) is 4.90 Å². The van der Waals surface area contributed by atoms with E-state index in [4.69, 9.17) is 14.2 Å². The first-order chi connectivity index (χ1) is 10.3. The maximum absolute atomic E-state index is 12.2. The summed E-state index contributed by atoms with van der Waals surface area (Å²) in [5.41, 5.74) is 1.07. The number of benzene rings is 1. The van der Waals surface area contributed by atoms with E-state index >= 15 is 0 Å². The summed E-state index contributed by atoms with van der Waals surface area (Å²) in [5, 5.41) is 0. The van der Waals surface area contributed by atoms with Crippen LogP contribution in [-0.2, 0) is 14.2 Å². The lowest BCUT2D eigenvalue weighted by atomic mass is 9.99. The van der Waals surface area contributed by atoms with E-state index in [1.807, 2.05) is 36.4 Å². The van der Waals surface area contributed by atoms with Crippen molar-refractivity contribution >= 4 is 6.09 Å². The van der Waals surface area contributed by atoms with E-state index in [-0.39, 0.29) is 18.2 Å². The summed E-state index contributed by atoms with van der Waals surface area (Å²) >= 11 is 0. The van der Waals surface area contributed by atoms with Gasteiger partial charge in [-0.2, -0.15) is 0 Å². The minimum Gasteiger partial charge on any atom is -0.468 e. The second-order valence-electron chi connectivity index (χ2n) is 5.57. The predicted molar refractivity (Wildman–Crippen MR) is 74.3 cm³/mol. The van der Waals surface area contributed by atoms with Gasteiger partial charge in [-0.25, -0.2) is 4.79 Å². The molecular formula is C16H17NO4. The van der Waals surface area contributed by atoms with Crippen LogP contribution in [-0.4, -0.2) is 36.0 Å². The molecule has 21 heavy (non-hydrogen) atoms. The van der Waals surface area contributed by atoms with E-state index in [0.29, 0.717) is 13.2 Å². The summed E-state index contributed by atoms with van der Waals surface area (Å²) in [5.74, 6) is -0.726. The van der Waals surface area contributed by atoms with Gasteiger partial charge in [0.25, 0.3) is 0 Å². The minimum absolute atomic E-state index is 0.101. The fourth-order valence-corrected chi connectivity index (χ4v) is 3.38. The standard InChI is InChI=1S/C16H17NO4/c18-15-17(13(11-19-15)12-5-2-1-3-6-12)14-7-10-21-16(14)8-4-9-20-16/h1-3,5-7,10,13-14H,4,8-9,11H2/t13-,14+,16+/m1/s1. The Balaban J connectivity index is 1.68. The summed E-state index contributed by atoms with van der Waals surface area (Å²) in [6.45, 7) is 1.03. The molecule has 110 valence electrons. The molecule has 3 aliphatic rings. The molecule has 1 spiro atoms. The molecule has 0 aliphatic carbocycles. The molecule has 3 heterocycles. The quantitative estimate of drug-likeness (QED) is 0.839. The second kappa shape index (κ2) is 4.77. The third kappa shape index (κ3) is 1.92. The summed E-state index contributed by atoms with van der Waals surface area (Å²) in [6.07, 6.45) is 4.96. The van der Waals surface area contributed by atoms with E-state index in [1.165, 1.54) is 0 Å². The first kappa shape index (κ1) is 12.7. The zero-order chi connectivity index (χ0) is 14.3. The molecule has 2 fully saturated rings. The summed E-state index contributed by atoms with van der Waals surface area (Å²) in [6, 6.07) is 9.60. The first-order valence-electron chi connectivity index (χ1n) is 7.29. The molecule has 0 unspecified atom stereocenters. The van der Waals surface area contributed by atoms with Gasteiger partial charge in [0.05, 0.1) is 18.9 Å². The van der Waals surface area contributed by atoms with Crippen LogP contribution >= 0.6 is 0 Å². The highest BCUT2D eigenvalue weighted by atomic mass is 16.7. The third-order valence-electron chi connectivity index (χ3n) is 4.39. The van der Waals surface area contributed by atoms with Crippen LogP contribution in [0.4, 0.5) is 4.79 Å². The Morgan fingerprint density at radius 2 is 2.10 bits per heavy atom. The predicted octanol–water partition coefficient (Wildman–Crippen LogP) is 2.60. The fraction of sp³-hybridized carbons (Fsp3) is 0.438. The molecule has 0 N–H and O–H groups in total. The van der Waals surface area contributed by atoms with Crippen LogP contribution < -0.4 is 0 Å². The van der Waals surface area contributed by atoms with Gasteiger partial charge in [0.2, 0.25) is 5.79 Å². The van der Waals surface area contributed by atoms with Gasteiger partial charge in [0, 0.05) is 6.42 Å². The van der Waals surface area contributed by atoms with Gasteiger partial charge in [0.15, 0.2) is 0 Å². The molecule has 1 amide bonds. The lowest BCUT2D eigenvalue weighted by Crippen LogP contribution is -2.51. The molecule has 0 bridgehead atoms. The lowest BCUT2D eigenvalue weighted by molar-refractivity contribution is -0.189. The van der Waals surface area contributed by atoms with Crippen LogP contribution in [0.15, 0.2) is 42.7 Å². The number of amides is 1. The first-order valence-corrected chi connectivity index (χ1v) is 7.29. The number of hydrogen-bond donors (Lipinski definition) is 0. The van der Waals surface area contributed by atoms with Crippen LogP contribution in [0.3, 0.4) is 0 Å². The van der Waals surface area contributed by atoms with Crippen molar-refractivity contribution in [3.63, 3.8) is 0 Å². The molecule has 2 saturated heterocycles. The number of carbonyl (C=O) groups is 1. The van der Waals surface area contributed by atoms with Crippen molar-refractivity contribution in [2.45, 2.75) is 30.7 Å². The third-order valence-corrected chi connectivity index (χ3v) is 4.39. The Hall–Kier alpha value is -2.01. The number of nitrogens with zero attached hydrogens (tertiary/aromatic N) is 1. The number of ether oxygens (including phenoxy) is 3. The van der Waals surface area contributed by atoms with Crippen molar-refractivity contribution in [2.75, 3.05) is 13.2 Å². The highest BCUT2D eigenvalue weighted by Gasteiger charge is 2.54. The van der Waals surface area contributed by atoms with Crippen LogP contribution in [0, 0.1) is 0 Å². The molecular weight excluding hydrogens is 270 g/mol. The molecule has 0 radical (unpaired) electrons. The molecule has 5 nitrogen and oxygen atoms in total. The molecule has 0 saturated carbocycles. The monoisotopic (exact) mass is 287 g/mol. The minimum atomic E-state index is -0.726. The van der Waals surface area contributed by atoms with Gasteiger partial charge >= 0.3 is 6.09 Å². The summed E-state index contributed by atoms with van der Waals surface area (Å²) < 4.78 is 16.8. The smallest absolute Gasteiger partial charge is 0.411 e. The maximum atomic E-state index is 12.2. The largest absolute Gasteiger partial charge is 0.468 e. The molecule has 1 aromatic carbocycles. The van der Waals surface area contributed by atoms with E-state index in [0.717, 1.165) is 18.4 Å². The fourth-order valence-electron chi connectivity index (χ4n) is 3.38. The van der Waals surface area contributed by atoms with Gasteiger partial charge in [-0.15, -0.1) is 0 Å².